The number of hydrogen-bond acceptors (Lipinski definition) is 7. The number of likely N-dealkylation sites (N-methyl/N-ethyl adjacent to an activating group) is 1. The molecule has 19 heavy (non-hydrogen) atoms. The van der Waals surface area contributed by atoms with Crippen LogP contribution in [0.25, 0.3) is 0 Å². The van der Waals surface area contributed by atoms with Crippen molar-refractivity contribution < 1.29 is 19.4 Å². The maximum absolute atomic E-state index is 11.7. The minimum Gasteiger partial charge on any atom is -0.462 e. The fraction of sp³-hybridized carbons (Fsp3) is 0.667. The van der Waals surface area contributed by atoms with Crippen LogP contribution < -0.4 is 4.90 Å². The van der Waals surface area contributed by atoms with E-state index in [4.69, 9.17) is 9.47 Å². The average Bonchev–Trinajstić information content (AvgIpc) is 2.72. The lowest BCUT2D eigenvalue weighted by Gasteiger charge is -2.19. The molecule has 0 spiro atoms. The Balaban J connectivity index is 2.74. The van der Waals surface area contributed by atoms with Gasteiger partial charge < -0.3 is 19.5 Å². The fourth-order valence-corrected chi connectivity index (χ4v) is 2.50. The van der Waals surface area contributed by atoms with Crippen molar-refractivity contribution in [1.82, 2.24) is 4.98 Å². The lowest BCUT2D eigenvalue weighted by Crippen LogP contribution is -2.31. The third-order valence-electron chi connectivity index (χ3n) is 2.42. The predicted octanol–water partition coefficient (Wildman–Crippen LogP) is 1.07. The molecule has 0 aliphatic heterocycles. The summed E-state index contributed by atoms with van der Waals surface area (Å²) in [5, 5.41) is 10.3. The van der Waals surface area contributed by atoms with E-state index in [0.717, 1.165) is 0 Å². The molecule has 1 rings (SSSR count). The Hall–Kier alpha value is -1.18. The second kappa shape index (κ2) is 7.42. The number of esters is 1. The second-order valence-corrected chi connectivity index (χ2v) is 5.10. The van der Waals surface area contributed by atoms with Gasteiger partial charge >= 0.3 is 5.97 Å². The van der Waals surface area contributed by atoms with Crippen LogP contribution in [0.15, 0.2) is 0 Å². The van der Waals surface area contributed by atoms with Gasteiger partial charge in [0.2, 0.25) is 0 Å². The van der Waals surface area contributed by atoms with Crippen LogP contribution in [-0.2, 0) is 9.47 Å². The molecule has 6 nitrogen and oxygen atoms in total. The molecule has 0 bridgehead atoms. The number of aliphatic hydroxyl groups excluding tert-OH is 1. The van der Waals surface area contributed by atoms with Crippen molar-refractivity contribution in [3.8, 4) is 0 Å². The zero-order chi connectivity index (χ0) is 14.4. The number of carbonyl (C=O) groups excluding carboxylic acids is 1. The first-order valence-corrected chi connectivity index (χ1v) is 6.83. The molecular weight excluding hydrogens is 268 g/mol. The smallest absolute Gasteiger partial charge is 0.350 e. The highest BCUT2D eigenvalue weighted by molar-refractivity contribution is 7.17. The Kier molecular flexibility index (Phi) is 6.20. The van der Waals surface area contributed by atoms with Gasteiger partial charge in [-0.3, -0.25) is 0 Å². The van der Waals surface area contributed by atoms with Crippen molar-refractivity contribution in [2.24, 2.45) is 0 Å². The molecule has 0 aliphatic carbocycles. The first-order chi connectivity index (χ1) is 8.99. The van der Waals surface area contributed by atoms with Crippen molar-refractivity contribution in [1.29, 1.82) is 0 Å². The van der Waals surface area contributed by atoms with E-state index >= 15 is 0 Å². The molecule has 1 unspecified atom stereocenters. The topological polar surface area (TPSA) is 71.9 Å². The van der Waals surface area contributed by atoms with Crippen molar-refractivity contribution in [2.45, 2.75) is 20.0 Å². The summed E-state index contributed by atoms with van der Waals surface area (Å²) in [7, 11) is 3.35. The van der Waals surface area contributed by atoms with E-state index < -0.39 is 6.10 Å². The van der Waals surface area contributed by atoms with Gasteiger partial charge in [-0.2, -0.15) is 0 Å². The maximum atomic E-state index is 11.7. The zero-order valence-electron chi connectivity index (χ0n) is 11.7. The van der Waals surface area contributed by atoms with Gasteiger partial charge in [0.05, 0.1) is 25.0 Å². The summed E-state index contributed by atoms with van der Waals surface area (Å²) in [4.78, 5) is 18.3. The largest absolute Gasteiger partial charge is 0.462 e. The molecule has 7 heteroatoms. The summed E-state index contributed by atoms with van der Waals surface area (Å²) < 4.78 is 9.84. The second-order valence-electron chi connectivity index (χ2n) is 4.12. The summed E-state index contributed by atoms with van der Waals surface area (Å²) in [5.41, 5.74) is 0.645. The summed E-state index contributed by atoms with van der Waals surface area (Å²) in [6.45, 7) is 4.53. The van der Waals surface area contributed by atoms with Crippen LogP contribution in [0.3, 0.4) is 0 Å². The van der Waals surface area contributed by atoms with Gasteiger partial charge in [0, 0.05) is 20.7 Å². The normalized spacial score (nSPS) is 12.3. The van der Waals surface area contributed by atoms with E-state index in [9.17, 15) is 9.90 Å². The van der Waals surface area contributed by atoms with E-state index in [1.165, 1.54) is 18.4 Å². The summed E-state index contributed by atoms with van der Waals surface area (Å²) in [6.07, 6.45) is -0.592. The van der Waals surface area contributed by atoms with Crippen LogP contribution >= 0.6 is 11.3 Å². The maximum Gasteiger partial charge on any atom is 0.350 e. The Labute approximate surface area is 117 Å². The molecule has 1 aromatic heterocycles. The van der Waals surface area contributed by atoms with Gasteiger partial charge in [-0.05, 0) is 13.8 Å². The quantitative estimate of drug-likeness (QED) is 0.757. The molecule has 0 aromatic carbocycles. The predicted molar refractivity (Wildman–Crippen MR) is 74.0 cm³/mol. The number of rotatable bonds is 7. The van der Waals surface area contributed by atoms with Gasteiger partial charge in [-0.1, -0.05) is 11.3 Å². The van der Waals surface area contributed by atoms with Gasteiger partial charge in [-0.15, -0.1) is 0 Å². The molecule has 0 saturated carbocycles. The fourth-order valence-electron chi connectivity index (χ4n) is 1.57. The van der Waals surface area contributed by atoms with E-state index in [-0.39, 0.29) is 12.6 Å². The minimum absolute atomic E-state index is 0.263. The summed E-state index contributed by atoms with van der Waals surface area (Å²) in [6, 6.07) is 0. The van der Waals surface area contributed by atoms with Crippen molar-refractivity contribution in [3.05, 3.63) is 10.6 Å². The molecule has 1 aromatic rings. The minimum atomic E-state index is -0.592. The van der Waals surface area contributed by atoms with E-state index in [0.29, 0.717) is 28.9 Å². The first kappa shape index (κ1) is 15.9. The highest BCUT2D eigenvalue weighted by Gasteiger charge is 2.19. The Morgan fingerprint density at radius 3 is 2.84 bits per heavy atom. The standard InChI is InChI=1S/C12H20N2O4S/c1-5-18-11(16)10-8(2)13-12(19-10)14(3)6-9(15)7-17-4/h9,15H,5-7H2,1-4H3. The van der Waals surface area contributed by atoms with Crippen LogP contribution in [0.5, 0.6) is 0 Å². The number of aliphatic hydroxyl groups is 1. The van der Waals surface area contributed by atoms with Gasteiger partial charge in [-0.25, -0.2) is 9.78 Å². The highest BCUT2D eigenvalue weighted by Crippen LogP contribution is 2.26. The van der Waals surface area contributed by atoms with Crippen molar-refractivity contribution >= 4 is 22.4 Å². The SMILES string of the molecule is CCOC(=O)c1sc(N(C)CC(O)COC)nc1C. The molecule has 108 valence electrons. The van der Waals surface area contributed by atoms with Crippen LogP contribution in [0.1, 0.15) is 22.3 Å². The molecular formula is C12H20N2O4S. The van der Waals surface area contributed by atoms with Gasteiger partial charge in [0.25, 0.3) is 0 Å². The number of nitrogens with zero attached hydrogens (tertiary/aromatic N) is 2. The van der Waals surface area contributed by atoms with E-state index in [2.05, 4.69) is 4.98 Å². The highest BCUT2D eigenvalue weighted by atomic mass is 32.1. The van der Waals surface area contributed by atoms with Crippen LogP contribution in [0, 0.1) is 6.92 Å². The van der Waals surface area contributed by atoms with Crippen LogP contribution in [0.2, 0.25) is 0 Å². The van der Waals surface area contributed by atoms with Crippen molar-refractivity contribution in [2.75, 3.05) is 38.8 Å². The monoisotopic (exact) mass is 288 g/mol. The Morgan fingerprint density at radius 2 is 2.26 bits per heavy atom. The summed E-state index contributed by atoms with van der Waals surface area (Å²) in [5.74, 6) is -0.352. The molecule has 0 amide bonds. The van der Waals surface area contributed by atoms with Gasteiger partial charge in [0.15, 0.2) is 5.13 Å². The number of anilines is 1. The Bertz CT molecular complexity index is 422. The summed E-state index contributed by atoms with van der Waals surface area (Å²) >= 11 is 1.26. The molecule has 1 heterocycles. The molecule has 0 fully saturated rings. The number of carbonyl (C=O) groups is 1. The van der Waals surface area contributed by atoms with E-state index in [1.807, 2.05) is 7.05 Å². The van der Waals surface area contributed by atoms with Crippen LogP contribution in [0.4, 0.5) is 5.13 Å². The van der Waals surface area contributed by atoms with Crippen LogP contribution in [-0.4, -0.2) is 56.1 Å². The zero-order valence-corrected chi connectivity index (χ0v) is 12.5. The molecule has 0 aliphatic rings. The number of methoxy groups -OCH3 is 1. The molecule has 0 saturated heterocycles. The molecule has 1 N–H and O–H groups in total. The van der Waals surface area contributed by atoms with Crippen molar-refractivity contribution in [3.63, 3.8) is 0 Å². The third-order valence-corrected chi connectivity index (χ3v) is 3.67. The lowest BCUT2D eigenvalue weighted by molar-refractivity contribution is 0.0531. The lowest BCUT2D eigenvalue weighted by atomic mass is 10.3. The average molecular weight is 288 g/mol. The number of aromatic nitrogens is 1. The number of hydrogen-bond donors (Lipinski definition) is 1. The first-order valence-electron chi connectivity index (χ1n) is 6.02. The third kappa shape index (κ3) is 4.45. The molecule has 1 atom stereocenters. The number of aryl methyl sites for hydroxylation is 1. The number of thiazole rings is 1. The van der Waals surface area contributed by atoms with E-state index in [1.54, 1.807) is 18.7 Å². The Morgan fingerprint density at radius 1 is 1.58 bits per heavy atom. The van der Waals surface area contributed by atoms with Gasteiger partial charge in [0.1, 0.15) is 4.88 Å². The number of ether oxygens (including phenoxy) is 2. The molecule has 0 radical (unpaired) electrons.